The molecule has 2 heteroatoms. The van der Waals surface area contributed by atoms with Crippen molar-refractivity contribution in [3.05, 3.63) is 11.1 Å². The number of unbranched alkanes of at least 4 members (excludes halogenated alkanes) is 1. The summed E-state index contributed by atoms with van der Waals surface area (Å²) in [7, 11) is 0. The van der Waals surface area contributed by atoms with Gasteiger partial charge in [-0.2, -0.15) is 15.8 Å². The van der Waals surface area contributed by atoms with Gasteiger partial charge in [0.1, 0.15) is 0 Å². The molecular weight excluding hydrogens is 355 g/mol. The number of hydrogen-bond acceptors (Lipinski definition) is 0. The van der Waals surface area contributed by atoms with Crippen LogP contribution in [-0.4, -0.2) is 5.54 Å². The first-order valence-corrected chi connectivity index (χ1v) is 12.1. The molecule has 0 nitrogen and oxygen atoms in total. The van der Waals surface area contributed by atoms with E-state index in [9.17, 15) is 0 Å². The summed E-state index contributed by atoms with van der Waals surface area (Å²) in [6.07, 6.45) is 23.3. The van der Waals surface area contributed by atoms with Gasteiger partial charge in [0.05, 0.1) is 0 Å². The van der Waals surface area contributed by atoms with Crippen LogP contribution in [0.1, 0.15) is 103 Å². The highest BCUT2D eigenvalue weighted by atomic mass is 79.9. The molecule has 0 aromatic rings. The summed E-state index contributed by atoms with van der Waals surface area (Å²) in [5.41, 5.74) is 4.68. The normalized spacial score (nSPS) is 23.2. The maximum absolute atomic E-state index is 4.15. The van der Waals surface area contributed by atoms with Gasteiger partial charge >= 0.3 is 0 Å². The van der Waals surface area contributed by atoms with Gasteiger partial charge in [0.25, 0.3) is 0 Å². The maximum Gasteiger partial charge on any atom is 0.229 e. The van der Waals surface area contributed by atoms with E-state index < -0.39 is 0 Å². The van der Waals surface area contributed by atoms with Crippen LogP contribution in [-0.2, 0) is 0 Å². The van der Waals surface area contributed by atoms with Crippen LogP contribution >= 0.6 is 15.8 Å². The van der Waals surface area contributed by atoms with Gasteiger partial charge < -0.3 is 0 Å². The fourth-order valence-electron chi connectivity index (χ4n) is 5.86. The SMILES string of the molecule is CCCCC(CB(Br)C1CCCC1)=C(C1CCCC1)C1CCCC1. The highest BCUT2D eigenvalue weighted by molar-refractivity contribution is 9.24. The minimum atomic E-state index is 0.754. The quantitative estimate of drug-likeness (QED) is 0.288. The Hall–Kier alpha value is 0.285. The van der Waals surface area contributed by atoms with Crippen LogP contribution < -0.4 is 0 Å². The third-order valence-electron chi connectivity index (χ3n) is 7.18. The Kier molecular flexibility index (Phi) is 7.81. The zero-order valence-corrected chi connectivity index (χ0v) is 17.6. The van der Waals surface area contributed by atoms with Gasteiger partial charge in [-0.1, -0.05) is 81.7 Å². The average molecular weight is 393 g/mol. The molecule has 0 saturated heterocycles. The molecule has 0 atom stereocenters. The van der Waals surface area contributed by atoms with Gasteiger partial charge in [-0.05, 0) is 56.7 Å². The summed E-state index contributed by atoms with van der Waals surface area (Å²) in [5.74, 6) is 2.88. The van der Waals surface area contributed by atoms with Gasteiger partial charge in [-0.3, -0.25) is 0 Å². The molecule has 136 valence electrons. The smallest absolute Gasteiger partial charge is 0.156 e. The number of hydrogen-bond donors (Lipinski definition) is 0. The topological polar surface area (TPSA) is 0 Å². The van der Waals surface area contributed by atoms with Crippen molar-refractivity contribution in [3.63, 3.8) is 0 Å². The molecule has 0 aliphatic heterocycles. The second kappa shape index (κ2) is 9.84. The Bertz CT molecular complexity index is 380. The molecule has 0 aromatic carbocycles. The third-order valence-corrected chi connectivity index (χ3v) is 8.25. The molecule has 3 aliphatic rings. The van der Waals surface area contributed by atoms with Gasteiger partial charge in [-0.25, -0.2) is 0 Å². The Morgan fingerprint density at radius 1 is 0.833 bits per heavy atom. The molecule has 3 aliphatic carbocycles. The van der Waals surface area contributed by atoms with Gasteiger partial charge in [0.2, 0.25) is 5.54 Å². The van der Waals surface area contributed by atoms with Crippen molar-refractivity contribution in [1.82, 2.24) is 0 Å². The molecule has 3 saturated carbocycles. The van der Waals surface area contributed by atoms with Crippen molar-refractivity contribution in [2.45, 2.75) is 115 Å². The summed E-state index contributed by atoms with van der Waals surface area (Å²) < 4.78 is 0. The Balaban J connectivity index is 1.80. The summed E-state index contributed by atoms with van der Waals surface area (Å²) in [4.78, 5) is 0. The van der Waals surface area contributed by atoms with Crippen LogP contribution in [0.15, 0.2) is 11.1 Å². The van der Waals surface area contributed by atoms with Crippen molar-refractivity contribution in [2.75, 3.05) is 0 Å². The van der Waals surface area contributed by atoms with Crippen LogP contribution in [0.5, 0.6) is 0 Å². The van der Waals surface area contributed by atoms with E-state index in [2.05, 4.69) is 22.7 Å². The molecule has 3 rings (SSSR count). The van der Waals surface area contributed by atoms with Crippen LogP contribution in [0.4, 0.5) is 0 Å². The van der Waals surface area contributed by atoms with E-state index in [4.69, 9.17) is 0 Å². The maximum atomic E-state index is 4.15. The fourth-order valence-corrected chi connectivity index (χ4v) is 6.78. The summed E-state index contributed by atoms with van der Waals surface area (Å²) in [6.45, 7) is 2.37. The molecule has 0 radical (unpaired) electrons. The second-order valence-corrected chi connectivity index (χ2v) is 10.1. The molecular formula is C22H38BBr. The monoisotopic (exact) mass is 392 g/mol. The highest BCUT2D eigenvalue weighted by Gasteiger charge is 2.33. The van der Waals surface area contributed by atoms with Crippen LogP contribution in [0, 0.1) is 11.8 Å². The summed E-state index contributed by atoms with van der Waals surface area (Å²) in [5, 5.41) is 0. The summed E-state index contributed by atoms with van der Waals surface area (Å²) >= 11 is 4.15. The lowest BCUT2D eigenvalue weighted by molar-refractivity contribution is 0.501. The van der Waals surface area contributed by atoms with Crippen molar-refractivity contribution in [2.24, 2.45) is 11.8 Å². The predicted octanol–water partition coefficient (Wildman–Crippen LogP) is 8.18. The van der Waals surface area contributed by atoms with Gasteiger partial charge in [-0.15, -0.1) is 0 Å². The Labute approximate surface area is 159 Å². The Morgan fingerprint density at radius 2 is 1.33 bits per heavy atom. The van der Waals surface area contributed by atoms with E-state index >= 15 is 0 Å². The molecule has 0 N–H and O–H groups in total. The largest absolute Gasteiger partial charge is 0.229 e. The van der Waals surface area contributed by atoms with Crippen molar-refractivity contribution in [1.29, 1.82) is 0 Å². The lowest BCUT2D eigenvalue weighted by Gasteiger charge is -2.28. The van der Waals surface area contributed by atoms with Gasteiger partial charge in [0, 0.05) is 0 Å². The standard InChI is InChI=1S/C22H38BBr/c1-2-3-10-20(17-23(24)21-15-8-9-16-21)22(18-11-4-5-12-18)19-13-6-7-14-19/h18-19,21H,2-17H2,1H3. The van der Waals surface area contributed by atoms with E-state index in [-0.39, 0.29) is 0 Å². The van der Waals surface area contributed by atoms with E-state index in [1.165, 1.54) is 103 Å². The van der Waals surface area contributed by atoms with E-state index in [0.29, 0.717) is 0 Å². The molecule has 0 bridgehead atoms. The molecule has 0 spiro atoms. The predicted molar refractivity (Wildman–Crippen MR) is 112 cm³/mol. The lowest BCUT2D eigenvalue weighted by atomic mass is 9.57. The van der Waals surface area contributed by atoms with Crippen molar-refractivity contribution in [3.8, 4) is 0 Å². The van der Waals surface area contributed by atoms with Gasteiger partial charge in [0.15, 0.2) is 0 Å². The second-order valence-electron chi connectivity index (χ2n) is 8.89. The molecule has 3 fully saturated rings. The number of allylic oxidation sites excluding steroid dienone is 2. The highest BCUT2D eigenvalue weighted by Crippen LogP contribution is 2.46. The molecule has 0 heterocycles. The van der Waals surface area contributed by atoms with Crippen LogP contribution in [0.3, 0.4) is 0 Å². The van der Waals surface area contributed by atoms with E-state index in [1.807, 2.05) is 11.1 Å². The minimum Gasteiger partial charge on any atom is -0.156 e. The van der Waals surface area contributed by atoms with Crippen LogP contribution in [0.2, 0.25) is 12.1 Å². The third kappa shape index (κ3) is 4.92. The molecule has 0 unspecified atom stereocenters. The lowest BCUT2D eigenvalue weighted by Crippen LogP contribution is -2.17. The number of halogens is 1. The zero-order chi connectivity index (χ0) is 16.8. The van der Waals surface area contributed by atoms with E-state index in [1.54, 1.807) is 0 Å². The molecule has 24 heavy (non-hydrogen) atoms. The Morgan fingerprint density at radius 3 is 1.83 bits per heavy atom. The average Bonchev–Trinajstić information content (AvgIpc) is 3.35. The first kappa shape index (κ1) is 19.1. The molecule has 0 amide bonds. The number of rotatable bonds is 8. The fraction of sp³-hybridized carbons (Fsp3) is 0.909. The van der Waals surface area contributed by atoms with Crippen LogP contribution in [0.25, 0.3) is 0 Å². The van der Waals surface area contributed by atoms with E-state index in [0.717, 1.165) is 23.2 Å². The first-order valence-electron chi connectivity index (χ1n) is 11.2. The van der Waals surface area contributed by atoms with Crippen molar-refractivity contribution < 1.29 is 0 Å². The minimum absolute atomic E-state index is 0.754. The molecule has 0 aromatic heterocycles. The van der Waals surface area contributed by atoms with Crippen molar-refractivity contribution >= 4 is 21.3 Å². The first-order chi connectivity index (χ1) is 11.8. The summed E-state index contributed by atoms with van der Waals surface area (Å²) in [6, 6.07) is 0. The zero-order valence-electron chi connectivity index (χ0n) is 16.0.